The van der Waals surface area contributed by atoms with Gasteiger partial charge in [0.25, 0.3) is 0 Å². The van der Waals surface area contributed by atoms with Gasteiger partial charge < -0.3 is 17.3 Å². The first-order valence-corrected chi connectivity index (χ1v) is 13.7. The van der Waals surface area contributed by atoms with Gasteiger partial charge in [0.05, 0.1) is 0 Å². The molecule has 0 aromatic heterocycles. The molecule has 1 heterocycles. The third-order valence-electron chi connectivity index (χ3n) is 5.15. The Morgan fingerprint density at radius 3 is 1.92 bits per heavy atom. The molecule has 4 rings (SSSR count). The summed E-state index contributed by atoms with van der Waals surface area (Å²) in [5.41, 5.74) is 5.29. The van der Waals surface area contributed by atoms with Gasteiger partial charge >= 0.3 is 210 Å². The van der Waals surface area contributed by atoms with E-state index >= 15 is 0 Å². The fraction of sp³-hybridized carbons (Fsp3) is 0.138. The van der Waals surface area contributed by atoms with E-state index in [1.807, 2.05) is 38.1 Å². The van der Waals surface area contributed by atoms with Crippen molar-refractivity contribution in [2.45, 2.75) is 13.8 Å². The van der Waals surface area contributed by atoms with Crippen molar-refractivity contribution in [3.05, 3.63) is 118 Å². The summed E-state index contributed by atoms with van der Waals surface area (Å²) in [6.45, 7) is 5.10. The smallest absolute Gasteiger partial charge is 0.418 e. The predicted molar refractivity (Wildman–Crippen MR) is 148 cm³/mol. The van der Waals surface area contributed by atoms with Gasteiger partial charge in [-0.15, -0.1) is 0 Å². The van der Waals surface area contributed by atoms with Crippen molar-refractivity contribution < 1.29 is 32.1 Å². The number of hydrogen-bond donors (Lipinski definition) is 1. The molecule has 1 aliphatic heterocycles. The number of benzene rings is 3. The number of halogens is 4. The van der Waals surface area contributed by atoms with Gasteiger partial charge in [-0.05, 0) is 0 Å². The van der Waals surface area contributed by atoms with E-state index in [9.17, 15) is 17.3 Å². The molecule has 0 saturated heterocycles. The largest absolute Gasteiger partial charge is 0.673 e. The number of nitrogens with two attached hydrogens (primary N) is 1. The summed E-state index contributed by atoms with van der Waals surface area (Å²) in [6, 6.07) is 27.0. The first kappa shape index (κ1) is 29.0. The van der Waals surface area contributed by atoms with Crippen molar-refractivity contribution in [1.82, 2.24) is 0 Å². The van der Waals surface area contributed by atoms with E-state index in [4.69, 9.17) is 14.9 Å². The van der Waals surface area contributed by atoms with Crippen LogP contribution in [0.2, 0.25) is 0 Å². The van der Waals surface area contributed by atoms with Gasteiger partial charge in [0.1, 0.15) is 0 Å². The first-order valence-electron chi connectivity index (χ1n) is 12.0. The number of rotatable bonds is 8. The molecular weight excluding hydrogens is 560 g/mol. The second-order valence-corrected chi connectivity index (χ2v) is 10.3. The second-order valence-electron chi connectivity index (χ2n) is 7.97. The standard InChI is InChI=1S/C29H27NO2Se.BF4/c1-3-31-27-16-15-23(18-28(27)32-4-2)26(30)20-25-17-24(21-11-7-5-8-12-21)19-29(33-25)22-13-9-6-10-14-22;2-1(3,4)5/h5-20,30H,3-4H2,1-2H3;/q;-1/p+1. The summed E-state index contributed by atoms with van der Waals surface area (Å²) in [7, 11) is -6.00. The zero-order valence-corrected chi connectivity index (χ0v) is 22.8. The topological polar surface area (TPSA) is 44.0 Å². The molecule has 1 aliphatic rings. The van der Waals surface area contributed by atoms with Gasteiger partial charge in [-0.2, -0.15) is 0 Å². The summed E-state index contributed by atoms with van der Waals surface area (Å²) in [6.07, 6.45) is 6.67. The van der Waals surface area contributed by atoms with Crippen molar-refractivity contribution in [3.63, 3.8) is 0 Å². The summed E-state index contributed by atoms with van der Waals surface area (Å²) >= 11 is 0.137. The molecule has 3 aromatic carbocycles. The van der Waals surface area contributed by atoms with Crippen LogP contribution in [0.25, 0.3) is 10.0 Å². The van der Waals surface area contributed by atoms with Crippen LogP contribution in [0, 0.1) is 0 Å². The van der Waals surface area contributed by atoms with Crippen LogP contribution in [0.1, 0.15) is 30.5 Å². The van der Waals surface area contributed by atoms with E-state index in [0.717, 1.165) is 17.1 Å². The minimum Gasteiger partial charge on any atom is -0.418 e. The molecular formula is C29H28BF4NO2Se. The zero-order valence-electron chi connectivity index (χ0n) is 21.0. The maximum Gasteiger partial charge on any atom is 0.673 e. The maximum absolute atomic E-state index is 9.75. The van der Waals surface area contributed by atoms with Crippen molar-refractivity contribution in [2.24, 2.45) is 0 Å². The van der Waals surface area contributed by atoms with Gasteiger partial charge in [0.2, 0.25) is 0 Å². The van der Waals surface area contributed by atoms with E-state index in [-0.39, 0.29) is 15.0 Å². The summed E-state index contributed by atoms with van der Waals surface area (Å²) in [5, 5.41) is 6.59. The molecule has 3 nitrogen and oxygen atoms in total. The predicted octanol–water partition coefficient (Wildman–Crippen LogP) is 6.06. The molecule has 0 atom stereocenters. The number of hydrogen-bond acceptors (Lipinski definition) is 2. The molecule has 0 radical (unpaired) electrons. The normalized spacial score (nSPS) is 14.1. The fourth-order valence-corrected chi connectivity index (χ4v) is 5.84. The minimum atomic E-state index is -6.00. The van der Waals surface area contributed by atoms with Crippen LogP contribution in [0.15, 0.2) is 102 Å². The third-order valence-corrected chi connectivity index (χ3v) is 7.34. The molecule has 0 amide bonds. The Morgan fingerprint density at radius 2 is 1.34 bits per heavy atom. The second kappa shape index (κ2) is 13.8. The van der Waals surface area contributed by atoms with Crippen LogP contribution >= 0.6 is 0 Å². The quantitative estimate of drug-likeness (QED) is 0.198. The van der Waals surface area contributed by atoms with Gasteiger partial charge in [-0.25, -0.2) is 0 Å². The number of ether oxygens (including phenoxy) is 2. The van der Waals surface area contributed by atoms with Crippen molar-refractivity contribution >= 4 is 38.0 Å². The van der Waals surface area contributed by atoms with E-state index < -0.39 is 7.25 Å². The molecule has 0 fully saturated rings. The van der Waals surface area contributed by atoms with E-state index in [1.165, 1.54) is 25.6 Å². The Balaban J connectivity index is 0.000000732. The van der Waals surface area contributed by atoms with Crippen LogP contribution in [-0.2, 0) is 0 Å². The van der Waals surface area contributed by atoms with Crippen molar-refractivity contribution in [3.8, 4) is 11.5 Å². The minimum absolute atomic E-state index is 0.137. The average molecular weight is 588 g/mol. The molecule has 0 aliphatic carbocycles. The Hall–Kier alpha value is -3.55. The van der Waals surface area contributed by atoms with Crippen LogP contribution in [-0.4, -0.2) is 41.1 Å². The summed E-state index contributed by atoms with van der Waals surface area (Å²) in [5.74, 6) is 1.46. The Morgan fingerprint density at radius 1 is 0.789 bits per heavy atom. The SMILES string of the molecule is CCOc1ccc(C(=[NH2+])C=C2C=C(c3ccccc3)C=C(c3ccccc3)[Se]2)cc1OCC.F[B-](F)(F)F. The maximum atomic E-state index is 9.75. The van der Waals surface area contributed by atoms with E-state index in [1.54, 1.807) is 0 Å². The van der Waals surface area contributed by atoms with Gasteiger partial charge in [-0.3, -0.25) is 0 Å². The fourth-order valence-electron chi connectivity index (χ4n) is 3.60. The Bertz CT molecular complexity index is 1320. The van der Waals surface area contributed by atoms with Crippen LogP contribution in [0.4, 0.5) is 17.3 Å². The average Bonchev–Trinajstić information content (AvgIpc) is 2.90. The molecule has 2 N–H and O–H groups in total. The Labute approximate surface area is 226 Å². The first-order chi connectivity index (χ1) is 18.2. The van der Waals surface area contributed by atoms with Gasteiger partial charge in [0, 0.05) is 0 Å². The van der Waals surface area contributed by atoms with E-state index in [0.29, 0.717) is 18.9 Å². The molecule has 38 heavy (non-hydrogen) atoms. The van der Waals surface area contributed by atoms with Crippen molar-refractivity contribution in [2.75, 3.05) is 13.2 Å². The Kier molecular flexibility index (Phi) is 10.6. The molecule has 9 heteroatoms. The monoisotopic (exact) mass is 589 g/mol. The van der Waals surface area contributed by atoms with Gasteiger partial charge in [-0.1, -0.05) is 0 Å². The molecule has 198 valence electrons. The number of allylic oxidation sites excluding steroid dienone is 5. The summed E-state index contributed by atoms with van der Waals surface area (Å²) < 4.78 is 53.1. The molecule has 0 bridgehead atoms. The summed E-state index contributed by atoms with van der Waals surface area (Å²) in [4.78, 5) is 0. The molecule has 0 unspecified atom stereocenters. The molecule has 3 aromatic rings. The van der Waals surface area contributed by atoms with Crippen LogP contribution < -0.4 is 14.9 Å². The van der Waals surface area contributed by atoms with Crippen LogP contribution in [0.5, 0.6) is 11.5 Å². The van der Waals surface area contributed by atoms with E-state index in [2.05, 4.69) is 72.8 Å². The van der Waals surface area contributed by atoms with Gasteiger partial charge in [0.15, 0.2) is 0 Å². The van der Waals surface area contributed by atoms with Crippen molar-refractivity contribution in [1.29, 1.82) is 0 Å². The zero-order chi connectivity index (χ0) is 27.5. The third kappa shape index (κ3) is 9.08. The molecule has 0 spiro atoms. The van der Waals surface area contributed by atoms with Crippen LogP contribution in [0.3, 0.4) is 0 Å². The molecule has 0 saturated carbocycles.